The lowest BCUT2D eigenvalue weighted by Crippen LogP contribution is -2.40. The number of hydrogen-bond donors (Lipinski definition) is 2. The second-order valence-corrected chi connectivity index (χ2v) is 5.51. The van der Waals surface area contributed by atoms with E-state index >= 15 is 0 Å². The Morgan fingerprint density at radius 1 is 1.47 bits per heavy atom. The fourth-order valence-corrected chi connectivity index (χ4v) is 2.35. The van der Waals surface area contributed by atoms with Crippen LogP contribution in [-0.4, -0.2) is 23.9 Å². The Labute approximate surface area is 102 Å². The Kier molecular flexibility index (Phi) is 3.05. The summed E-state index contributed by atoms with van der Waals surface area (Å²) in [5, 5.41) is 7.34. The minimum atomic E-state index is 0.0722. The van der Waals surface area contributed by atoms with Gasteiger partial charge in [0.15, 0.2) is 0 Å². The molecule has 4 heteroatoms. The van der Waals surface area contributed by atoms with E-state index in [1.54, 1.807) is 6.20 Å². The lowest BCUT2D eigenvalue weighted by molar-refractivity contribution is 0.292. The van der Waals surface area contributed by atoms with E-state index in [1.807, 2.05) is 12.1 Å². The molecular weight excluding hydrogens is 212 g/mol. The molecule has 0 amide bonds. The SMILES string of the molecule is CC1(C)CCCN(c2ccc(C(=N)N)cn2)C1. The molecule has 0 unspecified atom stereocenters. The van der Waals surface area contributed by atoms with E-state index in [4.69, 9.17) is 11.1 Å². The predicted octanol–water partition coefficient (Wildman–Crippen LogP) is 1.99. The van der Waals surface area contributed by atoms with Gasteiger partial charge in [-0.1, -0.05) is 13.8 Å². The summed E-state index contributed by atoms with van der Waals surface area (Å²) in [6.45, 7) is 6.70. The van der Waals surface area contributed by atoms with Crippen LogP contribution in [0.5, 0.6) is 0 Å². The number of nitrogens with zero attached hydrogens (tertiary/aromatic N) is 2. The molecule has 0 atom stereocenters. The molecule has 92 valence electrons. The van der Waals surface area contributed by atoms with Crippen LogP contribution in [0, 0.1) is 10.8 Å². The van der Waals surface area contributed by atoms with Crippen LogP contribution in [0.4, 0.5) is 5.82 Å². The van der Waals surface area contributed by atoms with E-state index in [-0.39, 0.29) is 5.84 Å². The third-order valence-electron chi connectivity index (χ3n) is 3.28. The third kappa shape index (κ3) is 2.75. The molecule has 3 N–H and O–H groups in total. The minimum absolute atomic E-state index is 0.0722. The monoisotopic (exact) mass is 232 g/mol. The first kappa shape index (κ1) is 11.9. The topological polar surface area (TPSA) is 66.0 Å². The van der Waals surface area contributed by atoms with Crippen molar-refractivity contribution >= 4 is 11.7 Å². The van der Waals surface area contributed by atoms with Gasteiger partial charge < -0.3 is 10.6 Å². The second-order valence-electron chi connectivity index (χ2n) is 5.51. The van der Waals surface area contributed by atoms with E-state index in [1.165, 1.54) is 12.8 Å². The zero-order valence-electron chi connectivity index (χ0n) is 10.5. The van der Waals surface area contributed by atoms with Gasteiger partial charge >= 0.3 is 0 Å². The molecule has 0 spiro atoms. The van der Waals surface area contributed by atoms with Crippen molar-refractivity contribution in [3.8, 4) is 0 Å². The van der Waals surface area contributed by atoms with Crippen LogP contribution in [0.3, 0.4) is 0 Å². The Morgan fingerprint density at radius 3 is 2.76 bits per heavy atom. The largest absolute Gasteiger partial charge is 0.384 e. The third-order valence-corrected chi connectivity index (χ3v) is 3.28. The highest BCUT2D eigenvalue weighted by atomic mass is 15.2. The molecule has 0 aliphatic carbocycles. The smallest absolute Gasteiger partial charge is 0.128 e. The molecule has 4 nitrogen and oxygen atoms in total. The Hall–Kier alpha value is -1.58. The average Bonchev–Trinajstić information content (AvgIpc) is 2.28. The first-order valence-corrected chi connectivity index (χ1v) is 6.03. The Bertz CT molecular complexity index is 408. The lowest BCUT2D eigenvalue weighted by atomic mass is 9.84. The molecule has 0 aromatic carbocycles. The summed E-state index contributed by atoms with van der Waals surface area (Å²) >= 11 is 0. The summed E-state index contributed by atoms with van der Waals surface area (Å²) < 4.78 is 0. The van der Waals surface area contributed by atoms with Gasteiger partial charge in [0.1, 0.15) is 11.7 Å². The molecule has 1 aromatic heterocycles. The number of nitrogens with two attached hydrogens (primary N) is 1. The standard InChI is InChI=1S/C13H20N4/c1-13(2)6-3-7-17(9-13)11-5-4-10(8-16-11)12(14)15/h4-5,8H,3,6-7,9H2,1-2H3,(H3,14,15). The summed E-state index contributed by atoms with van der Waals surface area (Å²) in [6, 6.07) is 3.82. The summed E-state index contributed by atoms with van der Waals surface area (Å²) in [5.41, 5.74) is 6.46. The van der Waals surface area contributed by atoms with Crippen molar-refractivity contribution in [2.45, 2.75) is 26.7 Å². The fourth-order valence-electron chi connectivity index (χ4n) is 2.35. The zero-order chi connectivity index (χ0) is 12.5. The summed E-state index contributed by atoms with van der Waals surface area (Å²) in [4.78, 5) is 6.71. The summed E-state index contributed by atoms with van der Waals surface area (Å²) in [5.74, 6) is 1.06. The molecule has 0 radical (unpaired) electrons. The molecule has 1 aliphatic rings. The van der Waals surface area contributed by atoms with Crippen molar-refractivity contribution in [1.29, 1.82) is 5.41 Å². The first-order chi connectivity index (χ1) is 7.98. The van der Waals surface area contributed by atoms with Gasteiger partial charge in [-0.25, -0.2) is 4.98 Å². The van der Waals surface area contributed by atoms with Crippen molar-refractivity contribution in [3.63, 3.8) is 0 Å². The van der Waals surface area contributed by atoms with Gasteiger partial charge in [-0.05, 0) is 30.4 Å². The maximum atomic E-state index is 7.34. The normalized spacial score (nSPS) is 19.1. The van der Waals surface area contributed by atoms with Gasteiger partial charge in [0.05, 0.1) is 0 Å². The molecule has 0 bridgehead atoms. The van der Waals surface area contributed by atoms with Crippen LogP contribution in [-0.2, 0) is 0 Å². The first-order valence-electron chi connectivity index (χ1n) is 6.03. The number of amidine groups is 1. The summed E-state index contributed by atoms with van der Waals surface area (Å²) in [6.07, 6.45) is 4.16. The van der Waals surface area contributed by atoms with Crippen LogP contribution in [0.1, 0.15) is 32.3 Å². The van der Waals surface area contributed by atoms with Crippen LogP contribution >= 0.6 is 0 Å². The molecule has 17 heavy (non-hydrogen) atoms. The zero-order valence-corrected chi connectivity index (χ0v) is 10.5. The van der Waals surface area contributed by atoms with Crippen LogP contribution < -0.4 is 10.6 Å². The van der Waals surface area contributed by atoms with Crippen LogP contribution in [0.2, 0.25) is 0 Å². The van der Waals surface area contributed by atoms with Crippen molar-refractivity contribution in [1.82, 2.24) is 4.98 Å². The number of anilines is 1. The molecular formula is C13H20N4. The van der Waals surface area contributed by atoms with E-state index < -0.39 is 0 Å². The van der Waals surface area contributed by atoms with Gasteiger partial charge in [-0.15, -0.1) is 0 Å². The number of aromatic nitrogens is 1. The van der Waals surface area contributed by atoms with E-state index in [0.717, 1.165) is 18.9 Å². The second kappa shape index (κ2) is 4.35. The highest BCUT2D eigenvalue weighted by Crippen LogP contribution is 2.30. The maximum Gasteiger partial charge on any atom is 0.128 e. The fraction of sp³-hybridized carbons (Fsp3) is 0.538. The van der Waals surface area contributed by atoms with E-state index in [9.17, 15) is 0 Å². The number of nitrogens with one attached hydrogen (secondary N) is 1. The number of pyridine rings is 1. The van der Waals surface area contributed by atoms with Crippen LogP contribution in [0.15, 0.2) is 18.3 Å². The quantitative estimate of drug-likeness (QED) is 0.605. The number of hydrogen-bond acceptors (Lipinski definition) is 3. The molecule has 0 saturated carbocycles. The van der Waals surface area contributed by atoms with E-state index in [0.29, 0.717) is 11.0 Å². The lowest BCUT2D eigenvalue weighted by Gasteiger charge is -2.38. The highest BCUT2D eigenvalue weighted by molar-refractivity contribution is 5.94. The van der Waals surface area contributed by atoms with Crippen LogP contribution in [0.25, 0.3) is 0 Å². The number of nitrogen functional groups attached to an aromatic ring is 1. The molecule has 1 saturated heterocycles. The van der Waals surface area contributed by atoms with Crippen molar-refractivity contribution in [3.05, 3.63) is 23.9 Å². The van der Waals surface area contributed by atoms with E-state index in [2.05, 4.69) is 23.7 Å². The highest BCUT2D eigenvalue weighted by Gasteiger charge is 2.26. The molecule has 2 heterocycles. The van der Waals surface area contributed by atoms with Gasteiger partial charge in [-0.3, -0.25) is 5.41 Å². The molecule has 1 fully saturated rings. The van der Waals surface area contributed by atoms with Gasteiger partial charge in [0.25, 0.3) is 0 Å². The van der Waals surface area contributed by atoms with Gasteiger partial charge in [0, 0.05) is 24.8 Å². The average molecular weight is 232 g/mol. The van der Waals surface area contributed by atoms with Crippen molar-refractivity contribution in [2.24, 2.45) is 11.1 Å². The van der Waals surface area contributed by atoms with Crippen molar-refractivity contribution < 1.29 is 0 Å². The molecule has 1 aliphatic heterocycles. The van der Waals surface area contributed by atoms with Gasteiger partial charge in [-0.2, -0.15) is 0 Å². The maximum absolute atomic E-state index is 7.34. The number of piperidine rings is 1. The summed E-state index contributed by atoms with van der Waals surface area (Å²) in [7, 11) is 0. The Morgan fingerprint density at radius 2 is 2.24 bits per heavy atom. The minimum Gasteiger partial charge on any atom is -0.384 e. The molecule has 1 aromatic rings. The van der Waals surface area contributed by atoms with Gasteiger partial charge in [0.2, 0.25) is 0 Å². The number of rotatable bonds is 2. The predicted molar refractivity (Wildman–Crippen MR) is 70.5 cm³/mol. The van der Waals surface area contributed by atoms with Crippen molar-refractivity contribution in [2.75, 3.05) is 18.0 Å². The Balaban J connectivity index is 2.14. The molecule has 2 rings (SSSR count).